The Morgan fingerprint density at radius 1 is 1.04 bits per heavy atom. The van der Waals surface area contributed by atoms with Crippen molar-refractivity contribution in [2.24, 2.45) is 11.8 Å². The number of fused-ring (bicyclic) bond motifs is 2. The van der Waals surface area contributed by atoms with Crippen molar-refractivity contribution in [3.05, 3.63) is 58.4 Å². The average Bonchev–Trinajstić information content (AvgIpc) is 3.41. The smallest absolute Gasteiger partial charge is 0.411 e. The molecule has 1 heterocycles. The zero-order chi connectivity index (χ0) is 35.3. The number of anilines is 1. The minimum absolute atomic E-state index is 0.0299. The molecule has 3 fully saturated rings. The van der Waals surface area contributed by atoms with E-state index in [2.05, 4.69) is 10.6 Å². The van der Waals surface area contributed by atoms with Gasteiger partial charge in [-0.1, -0.05) is 11.6 Å². The van der Waals surface area contributed by atoms with Crippen molar-refractivity contribution in [1.82, 2.24) is 10.2 Å². The zero-order valence-corrected chi connectivity index (χ0v) is 28.0. The van der Waals surface area contributed by atoms with Crippen LogP contribution in [0.25, 0.3) is 0 Å². The Bertz CT molecular complexity index is 1700. The van der Waals surface area contributed by atoms with Crippen LogP contribution in [0.2, 0.25) is 5.02 Å². The van der Waals surface area contributed by atoms with Gasteiger partial charge in [-0.15, -0.1) is 0 Å². The molecule has 2 aromatic carbocycles. The summed E-state index contributed by atoms with van der Waals surface area (Å²) in [5, 5.41) is 26.0. The molecule has 2 bridgehead atoms. The summed E-state index contributed by atoms with van der Waals surface area (Å²) in [5.41, 5.74) is -2.84. The summed E-state index contributed by atoms with van der Waals surface area (Å²) in [5.74, 6) is -7.38. The number of hydrogen-bond acceptors (Lipinski definition) is 8. The number of hydrogen-bond donors (Lipinski definition) is 4. The highest BCUT2D eigenvalue weighted by Crippen LogP contribution is 2.52. The van der Waals surface area contributed by atoms with E-state index in [4.69, 9.17) is 16.3 Å². The van der Waals surface area contributed by atoms with E-state index in [0.717, 1.165) is 11.0 Å². The molecule has 0 spiro atoms. The molecule has 2 aliphatic carbocycles. The number of aliphatic hydroxyl groups is 2. The lowest BCUT2D eigenvalue weighted by Gasteiger charge is -2.43. The lowest BCUT2D eigenvalue weighted by atomic mass is 9.74. The van der Waals surface area contributed by atoms with Gasteiger partial charge < -0.3 is 25.6 Å². The number of aliphatic hydroxyl groups excluding tert-OH is 1. The third kappa shape index (κ3) is 7.00. The Morgan fingerprint density at radius 2 is 1.65 bits per heavy atom. The molecule has 1 saturated heterocycles. The fourth-order valence-electron chi connectivity index (χ4n) is 6.98. The lowest BCUT2D eigenvalue weighted by Crippen LogP contribution is -2.58. The van der Waals surface area contributed by atoms with Gasteiger partial charge in [-0.05, 0) is 82.9 Å². The number of carbonyl (C=O) groups is 3. The quantitative estimate of drug-likeness (QED) is 0.311. The van der Waals surface area contributed by atoms with Crippen LogP contribution >= 0.6 is 11.6 Å². The first kappa shape index (κ1) is 35.9. The standard InChI is InChI=1S/C32H37ClF3N3O8S/c1-31(2,3)47-30(43)39-9-8-24(40)27(39)29(42)37-15-32(44)17-5-6-18(32)12-20(11-17)48(45,46)25-10-16(4-7-21(25)33)28(41)38-19-13-22(34)26(36)23(35)14-19/h4,7,10,13-14,17-18,20,24,27,40,44H,5-6,8-9,11-12,15H2,1-3H3,(H,37,42)(H,38,41)/t17?,18?,20?,24-,27+,32?/m1/s1. The number of sulfone groups is 1. The Morgan fingerprint density at radius 3 is 2.23 bits per heavy atom. The van der Waals surface area contributed by atoms with Crippen LogP contribution in [0.5, 0.6) is 0 Å². The summed E-state index contributed by atoms with van der Waals surface area (Å²) in [6.45, 7) is 4.92. The molecule has 4 atom stereocenters. The van der Waals surface area contributed by atoms with E-state index in [9.17, 15) is 46.2 Å². The molecule has 1 aliphatic heterocycles. The van der Waals surface area contributed by atoms with Gasteiger partial charge in [0, 0.05) is 36.5 Å². The van der Waals surface area contributed by atoms with E-state index in [1.165, 1.54) is 12.1 Å². The molecule has 11 nitrogen and oxygen atoms in total. The molecule has 0 aromatic heterocycles. The van der Waals surface area contributed by atoms with Crippen LogP contribution in [0.15, 0.2) is 35.2 Å². The second-order valence-electron chi connectivity index (χ2n) is 13.6. The number of carbonyl (C=O) groups excluding carboxylic acids is 3. The van der Waals surface area contributed by atoms with Crippen molar-refractivity contribution in [2.45, 2.75) is 86.4 Å². The third-order valence-corrected chi connectivity index (χ3v) is 12.0. The van der Waals surface area contributed by atoms with E-state index >= 15 is 0 Å². The number of nitrogens with one attached hydrogen (secondary N) is 2. The van der Waals surface area contributed by atoms with Gasteiger partial charge in [-0.25, -0.2) is 26.4 Å². The molecule has 2 saturated carbocycles. The summed E-state index contributed by atoms with van der Waals surface area (Å²) < 4.78 is 73.7. The number of benzene rings is 2. The molecular weight excluding hydrogens is 679 g/mol. The van der Waals surface area contributed by atoms with Crippen molar-refractivity contribution in [1.29, 1.82) is 0 Å². The van der Waals surface area contributed by atoms with Crippen molar-refractivity contribution in [3.63, 3.8) is 0 Å². The van der Waals surface area contributed by atoms with E-state index < -0.39 is 85.6 Å². The fourth-order valence-corrected chi connectivity index (χ4v) is 9.38. The van der Waals surface area contributed by atoms with Crippen LogP contribution in [0.4, 0.5) is 23.7 Å². The van der Waals surface area contributed by atoms with Gasteiger partial charge in [0.25, 0.3) is 5.91 Å². The topological polar surface area (TPSA) is 162 Å². The highest BCUT2D eigenvalue weighted by atomic mass is 35.5. The number of ether oxygens (including phenoxy) is 1. The van der Waals surface area contributed by atoms with Gasteiger partial charge in [-0.3, -0.25) is 14.5 Å². The molecule has 0 radical (unpaired) electrons. The van der Waals surface area contributed by atoms with Crippen LogP contribution in [0.3, 0.4) is 0 Å². The lowest BCUT2D eigenvalue weighted by molar-refractivity contribution is -0.131. The number of amides is 3. The summed E-state index contributed by atoms with van der Waals surface area (Å²) in [6.07, 6.45) is -0.682. The Hall–Kier alpha value is -3.40. The molecular formula is C32H37ClF3N3O8S. The fraction of sp³-hybridized carbons (Fsp3) is 0.531. The van der Waals surface area contributed by atoms with Crippen molar-refractivity contribution < 1.29 is 50.9 Å². The Balaban J connectivity index is 1.27. The molecule has 4 N–H and O–H groups in total. The highest BCUT2D eigenvalue weighted by Gasteiger charge is 2.56. The van der Waals surface area contributed by atoms with Crippen molar-refractivity contribution >= 4 is 45.0 Å². The van der Waals surface area contributed by atoms with Gasteiger partial charge in [-0.2, -0.15) is 0 Å². The van der Waals surface area contributed by atoms with Crippen LogP contribution in [-0.4, -0.2) is 83.1 Å². The minimum atomic E-state index is -4.17. The maximum Gasteiger partial charge on any atom is 0.411 e. The summed E-state index contributed by atoms with van der Waals surface area (Å²) in [4.78, 5) is 39.6. The van der Waals surface area contributed by atoms with Crippen molar-refractivity contribution in [3.8, 4) is 0 Å². The maximum atomic E-state index is 13.9. The number of likely N-dealkylation sites (tertiary alicyclic amines) is 1. The molecule has 48 heavy (non-hydrogen) atoms. The Kier molecular flexibility index (Phi) is 9.83. The number of halogens is 4. The van der Waals surface area contributed by atoms with Gasteiger partial charge >= 0.3 is 6.09 Å². The van der Waals surface area contributed by atoms with Gasteiger partial charge in [0.05, 0.1) is 26.9 Å². The first-order valence-electron chi connectivity index (χ1n) is 15.5. The van der Waals surface area contributed by atoms with E-state index in [-0.39, 0.29) is 53.5 Å². The second kappa shape index (κ2) is 13.1. The first-order chi connectivity index (χ1) is 22.3. The van der Waals surface area contributed by atoms with Crippen LogP contribution in [0, 0.1) is 29.3 Å². The van der Waals surface area contributed by atoms with Crippen LogP contribution in [0.1, 0.15) is 63.2 Å². The van der Waals surface area contributed by atoms with Gasteiger partial charge in [0.1, 0.15) is 11.6 Å². The zero-order valence-electron chi connectivity index (χ0n) is 26.4. The molecule has 16 heteroatoms. The van der Waals surface area contributed by atoms with Gasteiger partial charge in [0.15, 0.2) is 27.3 Å². The monoisotopic (exact) mass is 715 g/mol. The number of nitrogens with zero attached hydrogens (tertiary/aromatic N) is 1. The van der Waals surface area contributed by atoms with E-state index in [0.29, 0.717) is 25.0 Å². The van der Waals surface area contributed by atoms with Crippen LogP contribution < -0.4 is 10.6 Å². The second-order valence-corrected chi connectivity index (χ2v) is 16.3. The largest absolute Gasteiger partial charge is 0.444 e. The molecule has 2 aromatic rings. The molecule has 3 amide bonds. The molecule has 2 unspecified atom stereocenters. The highest BCUT2D eigenvalue weighted by molar-refractivity contribution is 7.92. The van der Waals surface area contributed by atoms with Crippen molar-refractivity contribution in [2.75, 3.05) is 18.4 Å². The predicted octanol–water partition coefficient (Wildman–Crippen LogP) is 4.19. The maximum absolute atomic E-state index is 13.9. The minimum Gasteiger partial charge on any atom is -0.444 e. The average molecular weight is 716 g/mol. The summed E-state index contributed by atoms with van der Waals surface area (Å²) >= 11 is 6.29. The third-order valence-electron chi connectivity index (χ3n) is 9.36. The summed E-state index contributed by atoms with van der Waals surface area (Å²) in [6, 6.07) is 3.43. The van der Waals surface area contributed by atoms with Crippen LogP contribution in [-0.2, 0) is 19.4 Å². The normalized spacial score (nSPS) is 27.1. The Labute approximate surface area is 280 Å². The predicted molar refractivity (Wildman–Crippen MR) is 167 cm³/mol. The van der Waals surface area contributed by atoms with Gasteiger partial charge in [0.2, 0.25) is 5.91 Å². The van der Waals surface area contributed by atoms with E-state index in [1.54, 1.807) is 20.8 Å². The first-order valence-corrected chi connectivity index (χ1v) is 17.4. The molecule has 5 rings (SSSR count). The summed E-state index contributed by atoms with van der Waals surface area (Å²) in [7, 11) is -4.17. The molecule has 3 aliphatic rings. The molecule has 262 valence electrons. The number of rotatable bonds is 7. The SMILES string of the molecule is CC(C)(C)OC(=O)N1CC[C@@H](O)[C@H]1C(=O)NCC1(O)C2CCC1CC(S(=O)(=O)c1cc(C(=O)Nc3cc(F)c(F)c(F)c3)ccc1Cl)C2. The van der Waals surface area contributed by atoms with E-state index in [1.807, 2.05) is 0 Å².